The molecule has 2 N–H and O–H groups in total. The number of nitrogens with one attached hydrogen (secondary N) is 2. The molecule has 0 radical (unpaired) electrons. The molecule has 0 saturated carbocycles. The van der Waals surface area contributed by atoms with Gasteiger partial charge in [-0.2, -0.15) is 0 Å². The van der Waals surface area contributed by atoms with Crippen molar-refractivity contribution in [3.63, 3.8) is 0 Å². The molecular weight excluding hydrogens is 248 g/mol. The normalized spacial score (nSPS) is 10.0. The average molecular weight is 262 g/mol. The number of methoxy groups -OCH3 is 1. The van der Waals surface area contributed by atoms with Crippen LogP contribution in [0.25, 0.3) is 0 Å². The van der Waals surface area contributed by atoms with Crippen LogP contribution in [0.5, 0.6) is 5.88 Å². The number of amides is 2. The van der Waals surface area contributed by atoms with Crippen molar-refractivity contribution >= 4 is 11.8 Å². The Morgan fingerprint density at radius 1 is 1.47 bits per heavy atom. The molecule has 0 spiro atoms. The van der Waals surface area contributed by atoms with E-state index in [0.29, 0.717) is 24.0 Å². The summed E-state index contributed by atoms with van der Waals surface area (Å²) in [6.45, 7) is 2.11. The molecule has 19 heavy (non-hydrogen) atoms. The van der Waals surface area contributed by atoms with Crippen molar-refractivity contribution in [2.45, 2.75) is 13.5 Å². The summed E-state index contributed by atoms with van der Waals surface area (Å²) in [5, 5.41) is 8.89. The Labute approximate surface area is 110 Å². The van der Waals surface area contributed by atoms with Gasteiger partial charge in [0, 0.05) is 24.9 Å². The number of nitrogens with zero attached hydrogens (tertiary/aromatic N) is 2. The summed E-state index contributed by atoms with van der Waals surface area (Å²) < 4.78 is 9.78. The van der Waals surface area contributed by atoms with Gasteiger partial charge in [0.05, 0.1) is 7.11 Å². The number of carbonyl (C=O) groups is 1. The minimum absolute atomic E-state index is 0.357. The van der Waals surface area contributed by atoms with Crippen LogP contribution in [0.15, 0.2) is 28.9 Å². The van der Waals surface area contributed by atoms with Crippen LogP contribution in [-0.2, 0) is 6.54 Å². The third-order valence-electron chi connectivity index (χ3n) is 2.33. The second kappa shape index (κ2) is 5.85. The smallest absolute Gasteiger partial charge is 0.320 e. The van der Waals surface area contributed by atoms with Crippen LogP contribution < -0.4 is 15.4 Å². The number of aromatic nitrogens is 2. The van der Waals surface area contributed by atoms with Gasteiger partial charge < -0.3 is 14.6 Å². The predicted octanol–water partition coefficient (Wildman–Crippen LogP) is 1.71. The summed E-state index contributed by atoms with van der Waals surface area (Å²) >= 11 is 0. The summed E-state index contributed by atoms with van der Waals surface area (Å²) in [6.07, 6.45) is 1.64. The Kier molecular flexibility index (Phi) is 3.97. The summed E-state index contributed by atoms with van der Waals surface area (Å²) in [4.78, 5) is 15.6. The Balaban J connectivity index is 1.82. The minimum Gasteiger partial charge on any atom is -0.481 e. The van der Waals surface area contributed by atoms with Gasteiger partial charge in [0.25, 0.3) is 0 Å². The van der Waals surface area contributed by atoms with E-state index in [1.165, 1.54) is 0 Å². The largest absolute Gasteiger partial charge is 0.481 e. The number of pyridine rings is 1. The molecule has 2 aromatic heterocycles. The molecule has 0 unspecified atom stereocenters. The summed E-state index contributed by atoms with van der Waals surface area (Å²) in [6, 6.07) is 4.83. The third-order valence-corrected chi connectivity index (χ3v) is 2.33. The van der Waals surface area contributed by atoms with E-state index in [1.807, 2.05) is 6.07 Å². The Morgan fingerprint density at radius 2 is 2.32 bits per heavy atom. The first-order valence-electron chi connectivity index (χ1n) is 5.64. The SMILES string of the molecule is COc1ccc(CNC(=O)Nc2cc(C)on2)cn1. The second-order valence-corrected chi connectivity index (χ2v) is 3.84. The van der Waals surface area contributed by atoms with Crippen molar-refractivity contribution in [1.82, 2.24) is 15.5 Å². The zero-order valence-corrected chi connectivity index (χ0v) is 10.6. The van der Waals surface area contributed by atoms with Crippen LogP contribution in [0, 0.1) is 6.92 Å². The van der Waals surface area contributed by atoms with Crippen molar-refractivity contribution in [2.75, 3.05) is 12.4 Å². The monoisotopic (exact) mass is 262 g/mol. The zero-order chi connectivity index (χ0) is 13.7. The number of hydrogen-bond donors (Lipinski definition) is 2. The standard InChI is InChI=1S/C12H14N4O3/c1-8-5-10(16-19-8)15-12(17)14-7-9-3-4-11(18-2)13-6-9/h3-6H,7H2,1-2H3,(H2,14,15,16,17). The highest BCUT2D eigenvalue weighted by molar-refractivity contribution is 5.88. The van der Waals surface area contributed by atoms with Gasteiger partial charge in [-0.15, -0.1) is 0 Å². The number of ether oxygens (including phenoxy) is 1. The maximum atomic E-state index is 11.6. The minimum atomic E-state index is -0.357. The Bertz CT molecular complexity index is 550. The highest BCUT2D eigenvalue weighted by atomic mass is 16.5. The molecule has 0 atom stereocenters. The average Bonchev–Trinajstić information content (AvgIpc) is 2.82. The van der Waals surface area contributed by atoms with Gasteiger partial charge in [-0.3, -0.25) is 5.32 Å². The quantitative estimate of drug-likeness (QED) is 0.875. The lowest BCUT2D eigenvalue weighted by molar-refractivity contribution is 0.251. The van der Waals surface area contributed by atoms with E-state index in [2.05, 4.69) is 20.8 Å². The molecule has 2 aromatic rings. The molecule has 7 heteroatoms. The zero-order valence-electron chi connectivity index (χ0n) is 10.6. The van der Waals surface area contributed by atoms with Crippen LogP contribution in [0.3, 0.4) is 0 Å². The molecule has 0 bridgehead atoms. The van der Waals surface area contributed by atoms with Crippen LogP contribution in [0.2, 0.25) is 0 Å². The van der Waals surface area contributed by atoms with E-state index in [4.69, 9.17) is 9.26 Å². The Hall–Kier alpha value is -2.57. The molecule has 0 fully saturated rings. The molecule has 0 aliphatic heterocycles. The van der Waals surface area contributed by atoms with Crippen LogP contribution in [0.1, 0.15) is 11.3 Å². The van der Waals surface area contributed by atoms with Gasteiger partial charge in [0.15, 0.2) is 5.82 Å². The van der Waals surface area contributed by atoms with Crippen LogP contribution in [0.4, 0.5) is 10.6 Å². The maximum absolute atomic E-state index is 11.6. The molecule has 2 heterocycles. The fraction of sp³-hybridized carbons (Fsp3) is 0.250. The van der Waals surface area contributed by atoms with E-state index in [1.54, 1.807) is 32.4 Å². The third kappa shape index (κ3) is 3.70. The number of hydrogen-bond acceptors (Lipinski definition) is 5. The molecule has 0 aromatic carbocycles. The molecule has 0 saturated heterocycles. The van der Waals surface area contributed by atoms with Crippen molar-refractivity contribution in [3.8, 4) is 5.88 Å². The fourth-order valence-corrected chi connectivity index (χ4v) is 1.40. The second-order valence-electron chi connectivity index (χ2n) is 3.84. The number of carbonyl (C=O) groups excluding carboxylic acids is 1. The van der Waals surface area contributed by atoms with Crippen molar-refractivity contribution in [1.29, 1.82) is 0 Å². The first-order valence-corrected chi connectivity index (χ1v) is 5.64. The lowest BCUT2D eigenvalue weighted by Gasteiger charge is -2.05. The first-order chi connectivity index (χ1) is 9.17. The van der Waals surface area contributed by atoms with Crippen LogP contribution in [-0.4, -0.2) is 23.3 Å². The van der Waals surface area contributed by atoms with Gasteiger partial charge in [0.1, 0.15) is 5.76 Å². The van der Waals surface area contributed by atoms with E-state index >= 15 is 0 Å². The molecule has 7 nitrogen and oxygen atoms in total. The molecule has 2 amide bonds. The number of anilines is 1. The molecular formula is C12H14N4O3. The first kappa shape index (κ1) is 12.9. The van der Waals surface area contributed by atoms with E-state index in [-0.39, 0.29) is 6.03 Å². The molecule has 0 aliphatic carbocycles. The highest BCUT2D eigenvalue weighted by Gasteiger charge is 2.05. The Morgan fingerprint density at radius 3 is 2.89 bits per heavy atom. The molecule has 100 valence electrons. The van der Waals surface area contributed by atoms with E-state index in [9.17, 15) is 4.79 Å². The maximum Gasteiger partial charge on any atom is 0.320 e. The van der Waals surface area contributed by atoms with Gasteiger partial charge >= 0.3 is 6.03 Å². The summed E-state index contributed by atoms with van der Waals surface area (Å²) in [5.41, 5.74) is 0.868. The van der Waals surface area contributed by atoms with E-state index in [0.717, 1.165) is 5.56 Å². The van der Waals surface area contributed by atoms with Gasteiger partial charge in [-0.1, -0.05) is 11.2 Å². The van der Waals surface area contributed by atoms with Crippen molar-refractivity contribution < 1.29 is 14.1 Å². The predicted molar refractivity (Wildman–Crippen MR) is 67.9 cm³/mol. The van der Waals surface area contributed by atoms with Gasteiger partial charge in [-0.25, -0.2) is 9.78 Å². The van der Waals surface area contributed by atoms with E-state index < -0.39 is 0 Å². The number of aryl methyl sites for hydroxylation is 1. The fourth-order valence-electron chi connectivity index (χ4n) is 1.40. The molecule has 2 rings (SSSR count). The summed E-state index contributed by atoms with van der Waals surface area (Å²) in [5.74, 6) is 1.55. The van der Waals surface area contributed by atoms with Crippen LogP contribution >= 0.6 is 0 Å². The topological polar surface area (TPSA) is 89.3 Å². The lowest BCUT2D eigenvalue weighted by atomic mass is 10.3. The van der Waals surface area contributed by atoms with Gasteiger partial charge in [0.2, 0.25) is 5.88 Å². The number of urea groups is 1. The summed E-state index contributed by atoms with van der Waals surface area (Å²) in [7, 11) is 1.55. The highest BCUT2D eigenvalue weighted by Crippen LogP contribution is 2.08. The lowest BCUT2D eigenvalue weighted by Crippen LogP contribution is -2.28. The van der Waals surface area contributed by atoms with Gasteiger partial charge in [-0.05, 0) is 12.5 Å². The van der Waals surface area contributed by atoms with Crippen molar-refractivity contribution in [2.24, 2.45) is 0 Å². The molecule has 0 aliphatic rings. The number of rotatable bonds is 4. The van der Waals surface area contributed by atoms with Crippen molar-refractivity contribution in [3.05, 3.63) is 35.7 Å².